The summed E-state index contributed by atoms with van der Waals surface area (Å²) in [6, 6.07) is 6.20. The number of hydrogen-bond acceptors (Lipinski definition) is 5. The van der Waals surface area contributed by atoms with Crippen molar-refractivity contribution < 1.29 is 14.1 Å². The first-order chi connectivity index (χ1) is 10.1. The van der Waals surface area contributed by atoms with Crippen LogP contribution >= 0.6 is 11.6 Å². The van der Waals surface area contributed by atoms with Crippen molar-refractivity contribution in [2.24, 2.45) is 0 Å². The molecule has 0 radical (unpaired) electrons. The molecule has 0 bridgehead atoms. The number of aromatic nitrogens is 2. The van der Waals surface area contributed by atoms with Crippen LogP contribution in [0, 0.1) is 0 Å². The Kier molecular flexibility index (Phi) is 3.57. The number of nitrogens with zero attached hydrogens (tertiary/aromatic N) is 2. The molecule has 2 aromatic rings. The van der Waals surface area contributed by atoms with Crippen molar-refractivity contribution in [2.75, 3.05) is 0 Å². The maximum absolute atomic E-state index is 11.4. The van der Waals surface area contributed by atoms with E-state index in [9.17, 15) is 9.59 Å². The zero-order valence-electron chi connectivity index (χ0n) is 10.8. The number of carbonyl (C=O) groups is 2. The minimum absolute atomic E-state index is 0.160. The molecule has 1 atom stereocenters. The van der Waals surface area contributed by atoms with Crippen LogP contribution < -0.4 is 10.6 Å². The summed E-state index contributed by atoms with van der Waals surface area (Å²) in [4.78, 5) is 26.6. The molecule has 0 unspecified atom stereocenters. The molecule has 2 heterocycles. The van der Waals surface area contributed by atoms with E-state index in [2.05, 4.69) is 20.8 Å². The van der Waals surface area contributed by atoms with Crippen molar-refractivity contribution in [2.45, 2.75) is 18.9 Å². The Bertz CT molecular complexity index is 700. The second kappa shape index (κ2) is 5.53. The van der Waals surface area contributed by atoms with Crippen LogP contribution in [0.1, 0.15) is 17.3 Å². The Balaban J connectivity index is 1.68. The number of carbonyl (C=O) groups excluding carboxylic acids is 2. The highest BCUT2D eigenvalue weighted by atomic mass is 35.5. The molecule has 108 valence electrons. The van der Waals surface area contributed by atoms with E-state index >= 15 is 0 Å². The zero-order chi connectivity index (χ0) is 14.8. The Morgan fingerprint density at radius 3 is 2.81 bits per heavy atom. The molecule has 7 nitrogen and oxygen atoms in total. The number of urea groups is 1. The van der Waals surface area contributed by atoms with Gasteiger partial charge in [-0.2, -0.15) is 4.98 Å². The van der Waals surface area contributed by atoms with Gasteiger partial charge in [-0.15, -0.1) is 0 Å². The van der Waals surface area contributed by atoms with E-state index in [1.54, 1.807) is 6.07 Å². The van der Waals surface area contributed by atoms with E-state index in [4.69, 9.17) is 16.1 Å². The summed E-state index contributed by atoms with van der Waals surface area (Å²) in [7, 11) is 0. The minimum atomic E-state index is -0.675. The van der Waals surface area contributed by atoms with E-state index < -0.39 is 18.0 Å². The van der Waals surface area contributed by atoms with Crippen molar-refractivity contribution in [3.05, 3.63) is 46.6 Å². The first-order valence-electron chi connectivity index (χ1n) is 6.28. The topological polar surface area (TPSA) is 97.1 Å². The van der Waals surface area contributed by atoms with E-state index in [-0.39, 0.29) is 6.42 Å². The van der Waals surface area contributed by atoms with Gasteiger partial charge in [-0.3, -0.25) is 10.1 Å². The van der Waals surface area contributed by atoms with Crippen molar-refractivity contribution in [1.82, 2.24) is 20.8 Å². The second-order valence-electron chi connectivity index (χ2n) is 4.59. The Labute approximate surface area is 124 Å². The van der Waals surface area contributed by atoms with Gasteiger partial charge in [0.1, 0.15) is 6.04 Å². The largest absolute Gasteiger partial charge is 0.339 e. The Morgan fingerprint density at radius 2 is 2.10 bits per heavy atom. The van der Waals surface area contributed by atoms with Gasteiger partial charge in [0, 0.05) is 11.4 Å². The van der Waals surface area contributed by atoms with E-state index in [0.717, 1.165) is 5.56 Å². The molecule has 1 fully saturated rings. The van der Waals surface area contributed by atoms with Gasteiger partial charge in [0.05, 0.1) is 6.42 Å². The average molecular weight is 307 g/mol. The lowest BCUT2D eigenvalue weighted by molar-refractivity contribution is -0.120. The van der Waals surface area contributed by atoms with Crippen LogP contribution in [0.4, 0.5) is 4.79 Å². The van der Waals surface area contributed by atoms with Gasteiger partial charge in [-0.25, -0.2) is 4.79 Å². The molecule has 3 rings (SSSR count). The number of benzene rings is 1. The highest BCUT2D eigenvalue weighted by Gasteiger charge is 2.31. The summed E-state index contributed by atoms with van der Waals surface area (Å²) in [5.74, 6) is 0.369. The van der Waals surface area contributed by atoms with Gasteiger partial charge < -0.3 is 9.84 Å². The third-order valence-electron chi connectivity index (χ3n) is 3.05. The smallest absolute Gasteiger partial charge is 0.322 e. The molecule has 1 aliphatic rings. The normalized spacial score (nSPS) is 17.7. The summed E-state index contributed by atoms with van der Waals surface area (Å²) in [6.07, 6.45) is 0.597. The fraction of sp³-hybridized carbons (Fsp3) is 0.231. The number of halogens is 1. The van der Waals surface area contributed by atoms with Gasteiger partial charge in [0.15, 0.2) is 5.82 Å². The number of imide groups is 1. The van der Waals surface area contributed by atoms with Gasteiger partial charge in [-0.05, 0) is 11.6 Å². The third-order valence-corrected chi connectivity index (χ3v) is 3.42. The van der Waals surface area contributed by atoms with Crippen LogP contribution in [0.15, 0.2) is 28.8 Å². The minimum Gasteiger partial charge on any atom is -0.339 e. The summed E-state index contributed by atoms with van der Waals surface area (Å²) in [5.41, 5.74) is 0.887. The fourth-order valence-corrected chi connectivity index (χ4v) is 2.24. The lowest BCUT2D eigenvalue weighted by atomic mass is 10.1. The highest BCUT2D eigenvalue weighted by molar-refractivity contribution is 6.31. The molecule has 1 aliphatic heterocycles. The summed E-state index contributed by atoms with van der Waals surface area (Å²) in [6.45, 7) is 0. The quantitative estimate of drug-likeness (QED) is 0.823. The molecule has 2 N–H and O–H groups in total. The predicted octanol–water partition coefficient (Wildman–Crippen LogP) is 1.06. The molecule has 1 saturated heterocycles. The van der Waals surface area contributed by atoms with Crippen LogP contribution in [-0.2, 0) is 17.6 Å². The van der Waals surface area contributed by atoms with E-state index in [0.29, 0.717) is 23.2 Å². The second-order valence-corrected chi connectivity index (χ2v) is 5.00. The van der Waals surface area contributed by atoms with Crippen LogP contribution in [0.5, 0.6) is 0 Å². The fourth-order valence-electron chi connectivity index (χ4n) is 2.03. The lowest BCUT2D eigenvalue weighted by Crippen LogP contribution is -2.31. The third kappa shape index (κ3) is 3.03. The molecule has 0 aliphatic carbocycles. The predicted molar refractivity (Wildman–Crippen MR) is 72.7 cm³/mol. The number of rotatable bonds is 4. The van der Waals surface area contributed by atoms with Gasteiger partial charge in [-0.1, -0.05) is 35.0 Å². The van der Waals surface area contributed by atoms with E-state index in [1.807, 2.05) is 18.2 Å². The molecule has 21 heavy (non-hydrogen) atoms. The molecule has 8 heteroatoms. The Morgan fingerprint density at radius 1 is 1.29 bits per heavy atom. The maximum Gasteiger partial charge on any atom is 0.322 e. The number of hydrogen-bond donors (Lipinski definition) is 2. The Hall–Kier alpha value is -2.41. The molecule has 1 aromatic carbocycles. The molecular formula is C13H11ClN4O3. The summed E-state index contributed by atoms with van der Waals surface area (Å²) < 4.78 is 5.09. The van der Waals surface area contributed by atoms with Gasteiger partial charge in [0.25, 0.3) is 5.91 Å². The standard InChI is InChI=1S/C13H11ClN4O3/c14-8-4-2-1-3-7(8)5-10-16-11(21-18-10)6-9-12(19)17-13(20)15-9/h1-4,9H,5-6H2,(H2,15,17,19,20)/t9-/m0/s1. The lowest BCUT2D eigenvalue weighted by Gasteiger charge is -2.01. The number of nitrogens with one attached hydrogen (secondary N) is 2. The first-order valence-corrected chi connectivity index (χ1v) is 6.66. The van der Waals surface area contributed by atoms with Crippen molar-refractivity contribution in [3.8, 4) is 0 Å². The van der Waals surface area contributed by atoms with Gasteiger partial charge in [0.2, 0.25) is 5.89 Å². The van der Waals surface area contributed by atoms with Crippen LogP contribution in [0.3, 0.4) is 0 Å². The first kappa shape index (κ1) is 13.6. The van der Waals surface area contributed by atoms with Gasteiger partial charge >= 0.3 is 6.03 Å². The van der Waals surface area contributed by atoms with Crippen LogP contribution in [0.25, 0.3) is 0 Å². The maximum atomic E-state index is 11.4. The zero-order valence-corrected chi connectivity index (χ0v) is 11.6. The average Bonchev–Trinajstić information content (AvgIpc) is 3.00. The molecule has 0 spiro atoms. The van der Waals surface area contributed by atoms with Crippen molar-refractivity contribution in [1.29, 1.82) is 0 Å². The summed E-state index contributed by atoms with van der Waals surface area (Å²) >= 11 is 6.07. The molecular weight excluding hydrogens is 296 g/mol. The SMILES string of the molecule is O=C1NC(=O)[C@H](Cc2nc(Cc3ccccc3Cl)no2)N1. The van der Waals surface area contributed by atoms with Crippen LogP contribution in [0.2, 0.25) is 5.02 Å². The number of amides is 3. The molecule has 3 amide bonds. The summed E-state index contributed by atoms with van der Waals surface area (Å²) in [5, 5.41) is 9.10. The van der Waals surface area contributed by atoms with Crippen LogP contribution in [-0.4, -0.2) is 28.1 Å². The monoisotopic (exact) mass is 306 g/mol. The molecule has 0 saturated carbocycles. The highest BCUT2D eigenvalue weighted by Crippen LogP contribution is 2.17. The molecule has 1 aromatic heterocycles. The van der Waals surface area contributed by atoms with E-state index in [1.165, 1.54) is 0 Å². The van der Waals surface area contributed by atoms with Crippen molar-refractivity contribution >= 4 is 23.5 Å². The van der Waals surface area contributed by atoms with Crippen molar-refractivity contribution in [3.63, 3.8) is 0 Å².